The Morgan fingerprint density at radius 2 is 1.46 bits per heavy atom. The molecule has 0 spiro atoms. The molecular weight excluding hydrogens is 463 g/mol. The van der Waals surface area contributed by atoms with Gasteiger partial charge in [-0.25, -0.2) is 0 Å². The first-order valence-electron chi connectivity index (χ1n) is 9.86. The molecule has 0 bridgehead atoms. The predicted molar refractivity (Wildman–Crippen MR) is 115 cm³/mol. The van der Waals surface area contributed by atoms with Gasteiger partial charge in [-0.15, -0.1) is 0 Å². The Morgan fingerprint density at radius 3 is 1.82 bits per heavy atom. The summed E-state index contributed by atoms with van der Waals surface area (Å²) in [5.41, 5.74) is 0.320. The Labute approximate surface area is 174 Å². The van der Waals surface area contributed by atoms with Crippen molar-refractivity contribution in [3.05, 3.63) is 11.9 Å². The van der Waals surface area contributed by atoms with E-state index in [-0.39, 0.29) is 23.4 Å². The van der Waals surface area contributed by atoms with Crippen molar-refractivity contribution >= 4 is 34.2 Å². The molecule has 160 valence electrons. The van der Waals surface area contributed by atoms with Crippen LogP contribution in [-0.2, 0) is 20.8 Å². The van der Waals surface area contributed by atoms with E-state index >= 15 is 0 Å². The van der Waals surface area contributed by atoms with Crippen LogP contribution in [0.1, 0.15) is 79.7 Å². The van der Waals surface area contributed by atoms with Gasteiger partial charge in [0.2, 0.25) is 0 Å². The molecule has 0 aliphatic heterocycles. The molecule has 28 heavy (non-hydrogen) atoms. The second-order valence-corrected chi connectivity index (χ2v) is 28.8. The van der Waals surface area contributed by atoms with Gasteiger partial charge in [0.05, 0.1) is 0 Å². The van der Waals surface area contributed by atoms with E-state index in [0.29, 0.717) is 5.69 Å². The summed E-state index contributed by atoms with van der Waals surface area (Å²) in [5.74, 6) is -0.858. The first kappa shape index (κ1) is 25.0. The number of hydrogen-bond donors (Lipinski definition) is 0. The minimum absolute atomic E-state index is 0.0175. The Morgan fingerprint density at radius 1 is 1.00 bits per heavy atom. The molecule has 1 aromatic rings. The molecule has 0 aliphatic carbocycles. The first-order chi connectivity index (χ1) is 12.6. The summed E-state index contributed by atoms with van der Waals surface area (Å²) in [7, 11) is 1.36. The number of ether oxygens (including phenoxy) is 2. The normalized spacial score (nSPS) is 13.4. The number of methoxy groups -OCH3 is 1. The quantitative estimate of drug-likeness (QED) is 0.445. The maximum atomic E-state index is 12.6. The van der Waals surface area contributed by atoms with Gasteiger partial charge in [0.15, 0.2) is 0 Å². The Bertz CT molecular complexity index is 682. The average molecular weight is 501 g/mol. The SMILES string of the molecule is CCOC(=O)c1cn[c]([Sn]([C](C)(C)C)([C](C)(C)C)[C](C)(C)C)n1CC(=O)OC. The third-order valence-corrected chi connectivity index (χ3v) is 27.9. The van der Waals surface area contributed by atoms with Crippen LogP contribution in [0.3, 0.4) is 0 Å². The van der Waals surface area contributed by atoms with Crippen molar-refractivity contribution in [2.45, 2.75) is 86.1 Å². The van der Waals surface area contributed by atoms with E-state index < -0.39 is 30.3 Å². The Balaban J connectivity index is 3.99. The third-order valence-electron chi connectivity index (χ3n) is 5.57. The number of nitrogens with zero attached hydrogens (tertiary/aromatic N) is 2. The molecule has 0 unspecified atom stereocenters. The van der Waals surface area contributed by atoms with Crippen LogP contribution in [0.2, 0.25) is 10.3 Å². The zero-order valence-corrected chi connectivity index (χ0v) is 22.4. The molecule has 0 atom stereocenters. The van der Waals surface area contributed by atoms with E-state index in [9.17, 15) is 9.59 Å². The maximum absolute atomic E-state index is 12.6. The number of hydrogen-bond acceptors (Lipinski definition) is 5. The molecule has 0 saturated heterocycles. The fraction of sp³-hybridized carbons (Fsp3) is 0.762. The van der Waals surface area contributed by atoms with Gasteiger partial charge in [-0.1, -0.05) is 0 Å². The summed E-state index contributed by atoms with van der Waals surface area (Å²) in [5, 5.41) is 0. The fourth-order valence-corrected chi connectivity index (χ4v) is 33.2. The standard InChI is InChI=1S/C9H11N2O4.3C4H9.Sn/c1-3-15-9(13)7-4-10-6-11(7)5-8(12)14-2;3*1-4(2)3;/h4H,3,5H2,1-2H3;3*1-3H3;. The molecule has 0 amide bonds. The van der Waals surface area contributed by atoms with Crippen LogP contribution in [0.4, 0.5) is 0 Å². The van der Waals surface area contributed by atoms with Gasteiger partial charge in [-0.05, 0) is 0 Å². The molecule has 1 rings (SSSR count). The molecule has 1 heterocycles. The van der Waals surface area contributed by atoms with Gasteiger partial charge >= 0.3 is 174 Å². The molecule has 0 radical (unpaired) electrons. The monoisotopic (exact) mass is 502 g/mol. The summed E-state index contributed by atoms with van der Waals surface area (Å²) in [4.78, 5) is 29.7. The molecule has 0 saturated carbocycles. The van der Waals surface area contributed by atoms with Gasteiger partial charge in [-0.3, -0.25) is 0 Å². The zero-order valence-electron chi connectivity index (χ0n) is 19.5. The fourth-order valence-electron chi connectivity index (χ4n) is 5.78. The van der Waals surface area contributed by atoms with E-state index in [1.54, 1.807) is 17.7 Å². The summed E-state index contributed by atoms with van der Waals surface area (Å²) < 4.78 is 12.8. The van der Waals surface area contributed by atoms with E-state index in [1.165, 1.54) is 7.11 Å². The van der Waals surface area contributed by atoms with Crippen LogP contribution >= 0.6 is 0 Å². The van der Waals surface area contributed by atoms with E-state index in [4.69, 9.17) is 14.5 Å². The third kappa shape index (κ3) is 4.26. The number of aromatic nitrogens is 2. The minimum atomic E-state index is -3.55. The number of esters is 2. The van der Waals surface area contributed by atoms with E-state index in [0.717, 1.165) is 3.84 Å². The van der Waals surface area contributed by atoms with E-state index in [1.807, 2.05) is 0 Å². The Kier molecular flexibility index (Phi) is 7.46. The van der Waals surface area contributed by atoms with Crippen molar-refractivity contribution in [2.24, 2.45) is 0 Å². The van der Waals surface area contributed by atoms with Crippen LogP contribution < -0.4 is 3.84 Å². The van der Waals surface area contributed by atoms with Crippen molar-refractivity contribution in [1.29, 1.82) is 0 Å². The van der Waals surface area contributed by atoms with Gasteiger partial charge in [0, 0.05) is 0 Å². The van der Waals surface area contributed by atoms with Crippen molar-refractivity contribution in [2.75, 3.05) is 13.7 Å². The number of imidazole rings is 1. The van der Waals surface area contributed by atoms with Gasteiger partial charge < -0.3 is 0 Å². The second kappa shape index (κ2) is 8.36. The summed E-state index contributed by atoms with van der Waals surface area (Å²) in [6.07, 6.45) is 1.57. The molecule has 6 nitrogen and oxygen atoms in total. The molecule has 0 aliphatic rings. The molecule has 0 fully saturated rings. The topological polar surface area (TPSA) is 70.4 Å². The molecule has 0 N–H and O–H groups in total. The van der Waals surface area contributed by atoms with Crippen LogP contribution in [0, 0.1) is 0 Å². The van der Waals surface area contributed by atoms with Crippen LogP contribution in [0.25, 0.3) is 0 Å². The molecule has 7 heteroatoms. The summed E-state index contributed by atoms with van der Waals surface area (Å²) in [6, 6.07) is 0. The number of carbonyl (C=O) groups is 2. The van der Waals surface area contributed by atoms with Crippen LogP contribution in [-0.4, -0.2) is 53.6 Å². The summed E-state index contributed by atoms with van der Waals surface area (Å²) in [6.45, 7) is 22.5. The second-order valence-electron chi connectivity index (χ2n) is 10.3. The zero-order chi connectivity index (χ0) is 22.1. The first-order valence-corrected chi connectivity index (χ1v) is 15.6. The molecule has 1 aromatic heterocycles. The number of rotatable bonds is 5. The van der Waals surface area contributed by atoms with Crippen LogP contribution in [0.5, 0.6) is 0 Å². The average Bonchev–Trinajstić information content (AvgIpc) is 2.87. The molecule has 0 aromatic carbocycles. The van der Waals surface area contributed by atoms with Crippen LogP contribution in [0.15, 0.2) is 6.20 Å². The Hall–Kier alpha value is -1.05. The summed E-state index contributed by atoms with van der Waals surface area (Å²) >= 11 is -3.55. The number of carbonyl (C=O) groups excluding carboxylic acids is 2. The van der Waals surface area contributed by atoms with Gasteiger partial charge in [-0.2, -0.15) is 0 Å². The van der Waals surface area contributed by atoms with Gasteiger partial charge in [0.25, 0.3) is 0 Å². The van der Waals surface area contributed by atoms with Crippen molar-refractivity contribution in [1.82, 2.24) is 9.55 Å². The molecular formula is C21H38N2O4Sn. The van der Waals surface area contributed by atoms with Gasteiger partial charge in [0.1, 0.15) is 0 Å². The van der Waals surface area contributed by atoms with Crippen molar-refractivity contribution in [3.8, 4) is 0 Å². The van der Waals surface area contributed by atoms with E-state index in [2.05, 4.69) is 62.3 Å². The van der Waals surface area contributed by atoms with Crippen molar-refractivity contribution < 1.29 is 19.1 Å². The van der Waals surface area contributed by atoms with Crippen molar-refractivity contribution in [3.63, 3.8) is 0 Å². The predicted octanol–water partition coefficient (Wildman–Crippen LogP) is 4.29.